The summed E-state index contributed by atoms with van der Waals surface area (Å²) in [6.07, 6.45) is -6.49. The van der Waals surface area contributed by atoms with Gasteiger partial charge < -0.3 is 16.4 Å². The van der Waals surface area contributed by atoms with Crippen LogP contribution in [0.1, 0.15) is 0 Å². The van der Waals surface area contributed by atoms with Gasteiger partial charge in [0.1, 0.15) is 0 Å². The van der Waals surface area contributed by atoms with E-state index in [1.165, 1.54) is 10.8 Å². The van der Waals surface area contributed by atoms with Crippen LogP contribution in [0.2, 0.25) is 0 Å². The number of fused-ring (bicyclic) bond motifs is 1. The third kappa shape index (κ3) is 12.2. The fraction of sp³-hybridized carbons (Fsp3) is 0.154. The summed E-state index contributed by atoms with van der Waals surface area (Å²) >= 11 is 0. The van der Waals surface area contributed by atoms with E-state index in [9.17, 15) is 26.3 Å². The Kier molecular flexibility index (Phi) is 13.4. The van der Waals surface area contributed by atoms with E-state index in [-0.39, 0.29) is 27.2 Å². The molecule has 0 spiro atoms. The Morgan fingerprint density at radius 3 is 1.46 bits per heavy atom. The summed E-state index contributed by atoms with van der Waals surface area (Å²) in [5.41, 5.74) is 0. The number of nitrogens with two attached hydrogens (primary N) is 1. The first-order chi connectivity index (χ1) is 10.9. The Labute approximate surface area is 156 Å². The van der Waals surface area contributed by atoms with Crippen LogP contribution in [0, 0.1) is 0 Å². The molecule has 150 valence electrons. The Balaban J connectivity index is -0.000000303. The molecule has 13 heteroatoms. The Morgan fingerprint density at radius 2 is 1.15 bits per heavy atom. The van der Waals surface area contributed by atoms with Crippen LogP contribution in [0.25, 0.3) is 16.9 Å². The summed E-state index contributed by atoms with van der Waals surface area (Å²) in [5, 5.41) is 16.7. The molecule has 1 aromatic carbocycles. The normalized spacial score (nSPS) is 9.92. The van der Waals surface area contributed by atoms with E-state index in [0.717, 1.165) is 0 Å². The number of benzene rings is 1. The van der Waals surface area contributed by atoms with Gasteiger partial charge in [0.25, 0.3) is 0 Å². The van der Waals surface area contributed by atoms with Crippen LogP contribution in [0.5, 0.6) is 0 Å². The number of hydrogen-bond donors (Lipinski definition) is 2. The molecule has 2 rings (SSSR count). The molecule has 2 aromatic rings. The predicted molar refractivity (Wildman–Crippen MR) is 74.4 cm³/mol. The number of aromatic nitrogens is 1. The minimum absolute atomic E-state index is 0. The molecule has 26 heavy (non-hydrogen) atoms. The molecule has 0 saturated heterocycles. The maximum Gasteiger partial charge on any atom is 0.490 e. The SMILES string of the molecule is O=C(O)C(F)(F)F.O=C(O)C(F)(F)F.[NH2-].[Pt].c1ccc2cnccc2c1. The van der Waals surface area contributed by atoms with Crippen molar-refractivity contribution in [3.63, 3.8) is 0 Å². The van der Waals surface area contributed by atoms with Gasteiger partial charge in [-0.2, -0.15) is 26.3 Å². The van der Waals surface area contributed by atoms with Crippen LogP contribution in [0.4, 0.5) is 26.3 Å². The van der Waals surface area contributed by atoms with Gasteiger partial charge in [-0.1, -0.05) is 24.3 Å². The molecule has 0 aliphatic heterocycles. The van der Waals surface area contributed by atoms with Gasteiger partial charge >= 0.3 is 24.3 Å². The van der Waals surface area contributed by atoms with Crippen molar-refractivity contribution in [1.82, 2.24) is 4.98 Å². The van der Waals surface area contributed by atoms with Crippen LogP contribution in [0.3, 0.4) is 0 Å². The number of rotatable bonds is 0. The average molecular weight is 568 g/mol. The zero-order valence-electron chi connectivity index (χ0n) is 12.4. The maximum atomic E-state index is 10.6. The van der Waals surface area contributed by atoms with E-state index >= 15 is 0 Å². The number of carboxylic acid groups (broad SMARTS) is 2. The molecule has 0 atom stereocenters. The zero-order valence-corrected chi connectivity index (χ0v) is 14.6. The van der Waals surface area contributed by atoms with Crippen molar-refractivity contribution in [2.75, 3.05) is 0 Å². The number of hydrogen-bond acceptors (Lipinski definition) is 3. The van der Waals surface area contributed by atoms with Crippen LogP contribution in [-0.2, 0) is 30.7 Å². The van der Waals surface area contributed by atoms with Gasteiger partial charge in [0.15, 0.2) is 0 Å². The third-order valence-electron chi connectivity index (χ3n) is 2.03. The second-order valence-corrected chi connectivity index (χ2v) is 3.83. The van der Waals surface area contributed by atoms with Gasteiger partial charge in [0, 0.05) is 33.5 Å². The molecule has 0 bridgehead atoms. The van der Waals surface area contributed by atoms with Crippen LogP contribution >= 0.6 is 0 Å². The number of aliphatic carboxylic acids is 2. The topological polar surface area (TPSA) is 121 Å². The number of carbonyl (C=O) groups is 2. The second-order valence-electron chi connectivity index (χ2n) is 3.83. The second kappa shape index (κ2) is 12.2. The summed E-state index contributed by atoms with van der Waals surface area (Å²) in [6.45, 7) is 0. The minimum atomic E-state index is -5.08. The van der Waals surface area contributed by atoms with E-state index in [0.29, 0.717) is 0 Å². The van der Waals surface area contributed by atoms with Gasteiger partial charge in [-0.3, -0.25) is 4.98 Å². The van der Waals surface area contributed by atoms with Crippen molar-refractivity contribution in [2.45, 2.75) is 12.4 Å². The molecular weight excluding hydrogens is 557 g/mol. The zero-order chi connectivity index (χ0) is 19.0. The van der Waals surface area contributed by atoms with Crippen LogP contribution < -0.4 is 0 Å². The summed E-state index contributed by atoms with van der Waals surface area (Å²) in [4.78, 5) is 21.8. The van der Waals surface area contributed by atoms with Crippen molar-refractivity contribution >= 4 is 22.7 Å². The molecule has 1 aromatic heterocycles. The van der Waals surface area contributed by atoms with Gasteiger partial charge in [-0.15, -0.1) is 0 Å². The fourth-order valence-electron chi connectivity index (χ4n) is 1.03. The Hall–Kier alpha value is -2.20. The number of alkyl halides is 6. The molecule has 6 nitrogen and oxygen atoms in total. The Bertz CT molecular complexity index is 605. The standard InChI is InChI=1S/C9H7N.2C2HF3O2.H2N.Pt/c1-2-4-9-7-10-6-5-8(9)3-1;2*3-2(4,5)1(6)7;;/h1-7H;2*(H,6,7);1H2;/q;;;-1;. The molecule has 1 heterocycles. The first kappa shape index (κ1) is 28.6. The number of carboxylic acids is 2. The van der Waals surface area contributed by atoms with E-state index in [1.807, 2.05) is 30.6 Å². The third-order valence-corrected chi connectivity index (χ3v) is 2.03. The van der Waals surface area contributed by atoms with E-state index in [1.54, 1.807) is 0 Å². The largest absolute Gasteiger partial charge is 0.693 e. The molecule has 0 amide bonds. The first-order valence-electron chi connectivity index (χ1n) is 5.74. The van der Waals surface area contributed by atoms with E-state index in [4.69, 9.17) is 19.8 Å². The maximum absolute atomic E-state index is 10.6. The van der Waals surface area contributed by atoms with Gasteiger partial charge in [0.2, 0.25) is 0 Å². The first-order valence-corrected chi connectivity index (χ1v) is 5.74. The monoisotopic (exact) mass is 568 g/mol. The van der Waals surface area contributed by atoms with Crippen molar-refractivity contribution < 1.29 is 67.2 Å². The van der Waals surface area contributed by atoms with Crippen molar-refractivity contribution in [1.29, 1.82) is 0 Å². The average Bonchev–Trinajstić information content (AvgIpc) is 2.46. The molecule has 0 aliphatic rings. The van der Waals surface area contributed by atoms with E-state index in [2.05, 4.69) is 17.1 Å². The molecule has 0 fully saturated rings. The van der Waals surface area contributed by atoms with Crippen molar-refractivity contribution in [2.24, 2.45) is 0 Å². The van der Waals surface area contributed by atoms with E-state index < -0.39 is 24.3 Å². The molecule has 0 aliphatic carbocycles. The number of pyridine rings is 1. The minimum Gasteiger partial charge on any atom is -0.693 e. The molecule has 0 radical (unpaired) electrons. The predicted octanol–water partition coefficient (Wildman–Crippen LogP) is 4.22. The van der Waals surface area contributed by atoms with Gasteiger partial charge in [-0.05, 0) is 16.8 Å². The smallest absolute Gasteiger partial charge is 0.490 e. The molecule has 4 N–H and O–H groups in total. The summed E-state index contributed by atoms with van der Waals surface area (Å²) in [5.74, 6) is -5.51. The fourth-order valence-corrected chi connectivity index (χ4v) is 1.03. The quantitative estimate of drug-likeness (QED) is 0.462. The summed E-state index contributed by atoms with van der Waals surface area (Å²) in [6, 6.07) is 10.2. The van der Waals surface area contributed by atoms with Crippen LogP contribution in [0.15, 0.2) is 42.7 Å². The molecular formula is C13H11F6N2O4Pt-. The van der Waals surface area contributed by atoms with Gasteiger partial charge in [-0.25, -0.2) is 9.59 Å². The molecule has 0 unspecified atom stereocenters. The molecule has 0 saturated carbocycles. The van der Waals surface area contributed by atoms with Crippen molar-refractivity contribution in [3.8, 4) is 0 Å². The number of halogens is 6. The van der Waals surface area contributed by atoms with Crippen molar-refractivity contribution in [3.05, 3.63) is 48.9 Å². The Morgan fingerprint density at radius 1 is 0.808 bits per heavy atom. The number of nitrogens with zero attached hydrogens (tertiary/aromatic N) is 1. The summed E-state index contributed by atoms with van der Waals surface area (Å²) in [7, 11) is 0. The van der Waals surface area contributed by atoms with Gasteiger partial charge in [0.05, 0.1) is 0 Å². The van der Waals surface area contributed by atoms with Crippen LogP contribution in [-0.4, -0.2) is 39.5 Å². The summed E-state index contributed by atoms with van der Waals surface area (Å²) < 4.78 is 63.5.